The highest BCUT2D eigenvalue weighted by Gasteiger charge is 2.25. The average Bonchev–Trinajstić information content (AvgIpc) is 2.91. The average molecular weight is 256 g/mol. The zero-order chi connectivity index (χ0) is 12.8. The van der Waals surface area contributed by atoms with Crippen molar-refractivity contribution in [1.29, 1.82) is 0 Å². The van der Waals surface area contributed by atoms with Crippen molar-refractivity contribution in [1.82, 2.24) is 20.1 Å². The first-order valence-electron chi connectivity index (χ1n) is 6.36. The topological polar surface area (TPSA) is 87.6 Å². The molecule has 0 bridgehead atoms. The molecule has 0 spiro atoms. The Labute approximate surface area is 107 Å². The molecule has 0 saturated heterocycles. The molecule has 2 aromatic heterocycles. The van der Waals surface area contributed by atoms with E-state index < -0.39 is 0 Å². The zero-order valence-electron chi connectivity index (χ0n) is 10.1. The van der Waals surface area contributed by atoms with Gasteiger partial charge in [-0.25, -0.2) is 4.79 Å². The van der Waals surface area contributed by atoms with E-state index in [4.69, 9.17) is 4.52 Å². The van der Waals surface area contributed by atoms with Gasteiger partial charge in [0, 0.05) is 5.92 Å². The number of fused-ring (bicyclic) bond motifs is 1. The molecule has 4 rings (SSSR count). The van der Waals surface area contributed by atoms with E-state index in [0.29, 0.717) is 17.3 Å². The Hall–Kier alpha value is -2.37. The van der Waals surface area contributed by atoms with Crippen LogP contribution in [0.25, 0.3) is 22.5 Å². The van der Waals surface area contributed by atoms with Crippen LogP contribution in [0.3, 0.4) is 0 Å². The number of imidazole rings is 1. The minimum atomic E-state index is -0.235. The van der Waals surface area contributed by atoms with Crippen molar-refractivity contribution in [2.45, 2.75) is 25.2 Å². The molecule has 0 amide bonds. The SMILES string of the molecule is O=c1[nH]c2cccc(-c3nc(C4CCC4)no3)c2[nH]1. The number of hydrogen-bond donors (Lipinski definition) is 2. The highest BCUT2D eigenvalue weighted by Crippen LogP contribution is 2.35. The predicted molar refractivity (Wildman–Crippen MR) is 68.8 cm³/mol. The van der Waals surface area contributed by atoms with Gasteiger partial charge < -0.3 is 14.5 Å². The van der Waals surface area contributed by atoms with E-state index in [0.717, 1.165) is 29.7 Å². The lowest BCUT2D eigenvalue weighted by Gasteiger charge is -2.20. The number of aromatic nitrogens is 4. The van der Waals surface area contributed by atoms with Crippen molar-refractivity contribution in [2.75, 3.05) is 0 Å². The largest absolute Gasteiger partial charge is 0.334 e. The molecule has 1 fully saturated rings. The van der Waals surface area contributed by atoms with Gasteiger partial charge in [-0.2, -0.15) is 4.98 Å². The molecule has 1 saturated carbocycles. The van der Waals surface area contributed by atoms with E-state index in [9.17, 15) is 4.79 Å². The molecule has 1 aromatic carbocycles. The van der Waals surface area contributed by atoms with Gasteiger partial charge in [0.1, 0.15) is 0 Å². The molecular weight excluding hydrogens is 244 g/mol. The molecule has 19 heavy (non-hydrogen) atoms. The van der Waals surface area contributed by atoms with Gasteiger partial charge in [0.25, 0.3) is 5.89 Å². The van der Waals surface area contributed by atoms with E-state index >= 15 is 0 Å². The third-order valence-electron chi connectivity index (χ3n) is 3.69. The summed E-state index contributed by atoms with van der Waals surface area (Å²) in [4.78, 5) is 21.3. The smallest absolute Gasteiger partial charge is 0.323 e. The predicted octanol–water partition coefficient (Wildman–Crippen LogP) is 2.17. The highest BCUT2D eigenvalue weighted by atomic mass is 16.5. The molecule has 2 heterocycles. The molecule has 0 aliphatic heterocycles. The summed E-state index contributed by atoms with van der Waals surface area (Å²) in [6, 6.07) is 5.55. The van der Waals surface area contributed by atoms with Gasteiger partial charge in [-0.1, -0.05) is 17.6 Å². The molecule has 0 unspecified atom stereocenters. The number of para-hydroxylation sites is 1. The van der Waals surface area contributed by atoms with Gasteiger partial charge in [-0.15, -0.1) is 0 Å². The van der Waals surface area contributed by atoms with Crippen LogP contribution in [0.5, 0.6) is 0 Å². The van der Waals surface area contributed by atoms with Crippen molar-refractivity contribution in [3.05, 3.63) is 34.5 Å². The molecule has 1 aliphatic carbocycles. The highest BCUT2D eigenvalue weighted by molar-refractivity contribution is 5.89. The summed E-state index contributed by atoms with van der Waals surface area (Å²) < 4.78 is 5.33. The second-order valence-electron chi connectivity index (χ2n) is 4.89. The van der Waals surface area contributed by atoms with Crippen molar-refractivity contribution < 1.29 is 4.52 Å². The van der Waals surface area contributed by atoms with Crippen LogP contribution in [-0.4, -0.2) is 20.1 Å². The monoisotopic (exact) mass is 256 g/mol. The van der Waals surface area contributed by atoms with Gasteiger partial charge >= 0.3 is 5.69 Å². The lowest BCUT2D eigenvalue weighted by molar-refractivity contribution is 0.366. The van der Waals surface area contributed by atoms with E-state index in [2.05, 4.69) is 20.1 Å². The lowest BCUT2D eigenvalue weighted by Crippen LogP contribution is -2.10. The molecule has 6 heteroatoms. The van der Waals surface area contributed by atoms with Gasteiger partial charge in [-0.3, -0.25) is 0 Å². The number of aromatic amines is 2. The summed E-state index contributed by atoms with van der Waals surface area (Å²) in [7, 11) is 0. The maximum Gasteiger partial charge on any atom is 0.323 e. The summed E-state index contributed by atoms with van der Waals surface area (Å²) in [5.41, 5.74) is 1.97. The van der Waals surface area contributed by atoms with Crippen LogP contribution in [-0.2, 0) is 0 Å². The fraction of sp³-hybridized carbons (Fsp3) is 0.308. The normalized spacial score (nSPS) is 15.8. The van der Waals surface area contributed by atoms with E-state index in [1.54, 1.807) is 0 Å². The van der Waals surface area contributed by atoms with Crippen LogP contribution in [0.4, 0.5) is 0 Å². The molecule has 2 N–H and O–H groups in total. The van der Waals surface area contributed by atoms with E-state index in [1.165, 1.54) is 6.42 Å². The fourth-order valence-corrected chi connectivity index (χ4v) is 2.41. The number of benzene rings is 1. The summed E-state index contributed by atoms with van der Waals surface area (Å²) >= 11 is 0. The quantitative estimate of drug-likeness (QED) is 0.735. The third-order valence-corrected chi connectivity index (χ3v) is 3.69. The van der Waals surface area contributed by atoms with E-state index in [-0.39, 0.29) is 5.69 Å². The Morgan fingerprint density at radius 2 is 2.16 bits per heavy atom. The number of nitrogens with zero attached hydrogens (tertiary/aromatic N) is 2. The Morgan fingerprint density at radius 1 is 1.26 bits per heavy atom. The van der Waals surface area contributed by atoms with Gasteiger partial charge in [0.05, 0.1) is 16.6 Å². The van der Waals surface area contributed by atoms with Crippen LogP contribution in [0.15, 0.2) is 27.5 Å². The summed E-state index contributed by atoms with van der Waals surface area (Å²) in [6.45, 7) is 0. The van der Waals surface area contributed by atoms with Gasteiger partial charge in [0.2, 0.25) is 0 Å². The standard InChI is InChI=1S/C13H12N4O2/c18-13-14-9-6-2-5-8(10(9)15-13)12-16-11(17-19-12)7-3-1-4-7/h2,5-7H,1,3-4H2,(H2,14,15,18). The lowest BCUT2D eigenvalue weighted by atomic mass is 9.85. The van der Waals surface area contributed by atoms with Crippen LogP contribution < -0.4 is 5.69 Å². The minimum Gasteiger partial charge on any atom is -0.334 e. The molecule has 1 aliphatic rings. The Kier molecular flexibility index (Phi) is 2.11. The third kappa shape index (κ3) is 1.60. The zero-order valence-corrected chi connectivity index (χ0v) is 10.1. The fourth-order valence-electron chi connectivity index (χ4n) is 2.41. The first-order chi connectivity index (χ1) is 9.31. The van der Waals surface area contributed by atoms with E-state index in [1.807, 2.05) is 18.2 Å². The summed E-state index contributed by atoms with van der Waals surface area (Å²) in [5.74, 6) is 1.67. The van der Waals surface area contributed by atoms with Crippen LogP contribution in [0.1, 0.15) is 31.0 Å². The van der Waals surface area contributed by atoms with Crippen molar-refractivity contribution in [3.63, 3.8) is 0 Å². The molecule has 96 valence electrons. The second kappa shape index (κ2) is 3.81. The Bertz CT molecular complexity index is 794. The van der Waals surface area contributed by atoms with Crippen molar-refractivity contribution in [2.24, 2.45) is 0 Å². The van der Waals surface area contributed by atoms with Crippen molar-refractivity contribution in [3.8, 4) is 11.5 Å². The maximum absolute atomic E-state index is 11.4. The first kappa shape index (κ1) is 10.5. The Morgan fingerprint density at radius 3 is 2.95 bits per heavy atom. The molecular formula is C13H12N4O2. The van der Waals surface area contributed by atoms with Crippen molar-refractivity contribution >= 4 is 11.0 Å². The van der Waals surface area contributed by atoms with Crippen LogP contribution in [0, 0.1) is 0 Å². The molecule has 6 nitrogen and oxygen atoms in total. The van der Waals surface area contributed by atoms with Crippen LogP contribution in [0.2, 0.25) is 0 Å². The first-order valence-corrected chi connectivity index (χ1v) is 6.36. The second-order valence-corrected chi connectivity index (χ2v) is 4.89. The minimum absolute atomic E-state index is 0.235. The molecule has 3 aromatic rings. The number of rotatable bonds is 2. The number of hydrogen-bond acceptors (Lipinski definition) is 4. The molecule has 0 radical (unpaired) electrons. The Balaban J connectivity index is 1.84. The number of nitrogens with one attached hydrogen (secondary N) is 2. The molecule has 0 atom stereocenters. The van der Waals surface area contributed by atoms with Gasteiger partial charge in [0.15, 0.2) is 5.82 Å². The number of H-pyrrole nitrogens is 2. The summed E-state index contributed by atoms with van der Waals surface area (Å²) in [5, 5.41) is 4.04. The maximum atomic E-state index is 11.4. The van der Waals surface area contributed by atoms with Crippen LogP contribution >= 0.6 is 0 Å². The van der Waals surface area contributed by atoms with Gasteiger partial charge in [-0.05, 0) is 25.0 Å². The summed E-state index contributed by atoms with van der Waals surface area (Å²) in [6.07, 6.45) is 3.49.